The minimum Gasteiger partial charge on any atom is -0.479 e. The number of hydrogen-bond acceptors (Lipinski definition) is 5. The Morgan fingerprint density at radius 3 is 2.77 bits per heavy atom. The molecule has 2 heterocycles. The smallest absolute Gasteiger partial charge is 0.260 e. The quantitative estimate of drug-likeness (QED) is 0.617. The molecule has 1 aromatic carbocycles. The number of carbonyl (C=O) groups excluding carboxylic acids is 1. The number of nitrogens with one attached hydrogen (secondary N) is 1. The Hall–Kier alpha value is -3.00. The van der Waals surface area contributed by atoms with Gasteiger partial charge in [0.25, 0.3) is 5.91 Å². The molecule has 1 N–H and O–H groups in total. The van der Waals surface area contributed by atoms with Crippen molar-refractivity contribution < 1.29 is 13.9 Å². The number of halogens is 2. The van der Waals surface area contributed by atoms with Crippen LogP contribution in [0.5, 0.6) is 5.75 Å². The summed E-state index contributed by atoms with van der Waals surface area (Å²) in [5.41, 5.74) is 1.74. The summed E-state index contributed by atoms with van der Waals surface area (Å²) >= 11 is 5.97. The van der Waals surface area contributed by atoms with E-state index in [1.54, 1.807) is 31.7 Å². The van der Waals surface area contributed by atoms with E-state index in [1.807, 2.05) is 10.9 Å². The first-order chi connectivity index (χ1) is 15.0. The molecule has 1 amide bonds. The molecule has 0 saturated heterocycles. The van der Waals surface area contributed by atoms with Gasteiger partial charge in [0, 0.05) is 30.2 Å². The lowest BCUT2D eigenvalue weighted by atomic mass is 9.91. The van der Waals surface area contributed by atoms with Crippen molar-refractivity contribution in [3.8, 4) is 17.0 Å². The molecule has 1 fully saturated rings. The Morgan fingerprint density at radius 2 is 2.06 bits per heavy atom. The van der Waals surface area contributed by atoms with Crippen molar-refractivity contribution in [2.45, 2.75) is 50.8 Å². The van der Waals surface area contributed by atoms with E-state index < -0.39 is 11.9 Å². The minimum absolute atomic E-state index is 0.0773. The van der Waals surface area contributed by atoms with Crippen LogP contribution in [0.3, 0.4) is 0 Å². The van der Waals surface area contributed by atoms with Gasteiger partial charge in [0.2, 0.25) is 0 Å². The summed E-state index contributed by atoms with van der Waals surface area (Å²) in [4.78, 5) is 20.9. The van der Waals surface area contributed by atoms with Gasteiger partial charge in [-0.1, -0.05) is 11.6 Å². The maximum atomic E-state index is 13.2. The van der Waals surface area contributed by atoms with Crippen LogP contribution in [0.4, 0.5) is 4.39 Å². The van der Waals surface area contributed by atoms with Crippen LogP contribution < -0.4 is 10.1 Å². The summed E-state index contributed by atoms with van der Waals surface area (Å²) in [5.74, 6) is -0.382. The molecular formula is C22H23ClFN5O2. The Labute approximate surface area is 184 Å². The molecule has 0 aliphatic heterocycles. The molecule has 1 saturated carbocycles. The fourth-order valence-corrected chi connectivity index (χ4v) is 3.95. The highest BCUT2D eigenvalue weighted by atomic mass is 35.5. The van der Waals surface area contributed by atoms with Gasteiger partial charge in [-0.05, 0) is 50.8 Å². The zero-order valence-corrected chi connectivity index (χ0v) is 17.8. The van der Waals surface area contributed by atoms with Gasteiger partial charge in [-0.25, -0.2) is 4.39 Å². The summed E-state index contributed by atoms with van der Waals surface area (Å²) in [6.07, 6.45) is 11.6. The van der Waals surface area contributed by atoms with Crippen LogP contribution in [-0.2, 0) is 4.79 Å². The number of carbonyl (C=O) groups is 1. The van der Waals surface area contributed by atoms with Gasteiger partial charge < -0.3 is 10.1 Å². The van der Waals surface area contributed by atoms with Crippen LogP contribution in [0, 0.1) is 5.82 Å². The standard InChI is InChI=1S/C22H23ClFN5O2/c1-14(31-21-7-2-16(24)10-19(21)23)22(30)28-17-3-5-18(6-4-17)29-13-15(11-27-29)20-12-25-8-9-26-20/h2,7-14,17-18H,3-6H2,1H3,(H,28,30). The highest BCUT2D eigenvalue weighted by molar-refractivity contribution is 6.32. The Balaban J connectivity index is 1.28. The predicted molar refractivity (Wildman–Crippen MR) is 114 cm³/mol. The Bertz CT molecular complexity index is 1040. The second-order valence-electron chi connectivity index (χ2n) is 7.65. The molecule has 0 bridgehead atoms. The van der Waals surface area contributed by atoms with Crippen LogP contribution in [0.1, 0.15) is 38.6 Å². The van der Waals surface area contributed by atoms with Crippen LogP contribution in [0.15, 0.2) is 49.2 Å². The lowest BCUT2D eigenvalue weighted by molar-refractivity contribution is -0.128. The average Bonchev–Trinajstić information content (AvgIpc) is 3.27. The van der Waals surface area contributed by atoms with Gasteiger partial charge in [0.1, 0.15) is 11.6 Å². The molecule has 1 atom stereocenters. The average molecular weight is 444 g/mol. The van der Waals surface area contributed by atoms with Crippen LogP contribution in [0.25, 0.3) is 11.3 Å². The molecule has 4 rings (SSSR count). The lowest BCUT2D eigenvalue weighted by Gasteiger charge is -2.30. The summed E-state index contributed by atoms with van der Waals surface area (Å²) in [6, 6.07) is 4.19. The molecule has 2 aromatic heterocycles. The molecule has 3 aromatic rings. The normalized spacial score (nSPS) is 19.6. The van der Waals surface area contributed by atoms with Crippen LogP contribution in [-0.4, -0.2) is 37.8 Å². The zero-order valence-electron chi connectivity index (χ0n) is 17.0. The predicted octanol–water partition coefficient (Wildman–Crippen LogP) is 4.20. The topological polar surface area (TPSA) is 81.9 Å². The molecule has 162 valence electrons. The van der Waals surface area contributed by atoms with E-state index in [0.29, 0.717) is 0 Å². The van der Waals surface area contributed by atoms with Gasteiger partial charge in [0.05, 0.1) is 29.2 Å². The fraction of sp³-hybridized carbons (Fsp3) is 0.364. The van der Waals surface area contributed by atoms with Crippen LogP contribution in [0.2, 0.25) is 5.02 Å². The van der Waals surface area contributed by atoms with Crippen molar-refractivity contribution in [1.29, 1.82) is 0 Å². The molecule has 1 aliphatic rings. The maximum absolute atomic E-state index is 13.2. The molecular weight excluding hydrogens is 421 g/mol. The summed E-state index contributed by atoms with van der Waals surface area (Å²) in [7, 11) is 0. The minimum atomic E-state index is -0.735. The third kappa shape index (κ3) is 5.19. The van der Waals surface area contributed by atoms with E-state index >= 15 is 0 Å². The molecule has 31 heavy (non-hydrogen) atoms. The molecule has 7 nitrogen and oxygen atoms in total. The van der Waals surface area contributed by atoms with Crippen molar-refractivity contribution in [3.63, 3.8) is 0 Å². The summed E-state index contributed by atoms with van der Waals surface area (Å²) in [6.45, 7) is 1.65. The van der Waals surface area contributed by atoms with E-state index in [4.69, 9.17) is 16.3 Å². The highest BCUT2D eigenvalue weighted by Crippen LogP contribution is 2.30. The van der Waals surface area contributed by atoms with Crippen molar-refractivity contribution >= 4 is 17.5 Å². The Morgan fingerprint density at radius 1 is 1.26 bits per heavy atom. The highest BCUT2D eigenvalue weighted by Gasteiger charge is 2.26. The van der Waals surface area contributed by atoms with E-state index in [2.05, 4.69) is 20.4 Å². The molecule has 9 heteroatoms. The number of benzene rings is 1. The van der Waals surface area contributed by atoms with Gasteiger partial charge in [-0.2, -0.15) is 5.10 Å². The molecule has 0 spiro atoms. The SMILES string of the molecule is CC(Oc1ccc(F)cc1Cl)C(=O)NC1CCC(n2cc(-c3cnccn3)cn2)CC1. The fourth-order valence-electron chi connectivity index (χ4n) is 3.74. The molecule has 1 unspecified atom stereocenters. The van der Waals surface area contributed by atoms with E-state index in [9.17, 15) is 9.18 Å². The zero-order chi connectivity index (χ0) is 21.8. The van der Waals surface area contributed by atoms with E-state index in [-0.39, 0.29) is 28.8 Å². The van der Waals surface area contributed by atoms with Crippen molar-refractivity contribution in [3.05, 3.63) is 60.0 Å². The number of aromatic nitrogens is 4. The van der Waals surface area contributed by atoms with Crippen molar-refractivity contribution in [2.24, 2.45) is 0 Å². The lowest BCUT2D eigenvalue weighted by Crippen LogP contribution is -2.44. The summed E-state index contributed by atoms with van der Waals surface area (Å²) in [5, 5.41) is 7.68. The van der Waals surface area contributed by atoms with E-state index in [1.165, 1.54) is 12.1 Å². The first-order valence-electron chi connectivity index (χ1n) is 10.2. The monoisotopic (exact) mass is 443 g/mol. The third-order valence-corrected chi connectivity index (χ3v) is 5.74. The van der Waals surface area contributed by atoms with Crippen molar-refractivity contribution in [2.75, 3.05) is 0 Å². The van der Waals surface area contributed by atoms with Crippen molar-refractivity contribution in [1.82, 2.24) is 25.1 Å². The first kappa shape index (κ1) is 21.2. The maximum Gasteiger partial charge on any atom is 0.260 e. The number of rotatable bonds is 6. The van der Waals surface area contributed by atoms with Gasteiger partial charge in [-0.15, -0.1) is 0 Å². The number of hydrogen-bond donors (Lipinski definition) is 1. The Kier molecular flexibility index (Phi) is 6.46. The molecule has 1 aliphatic carbocycles. The number of ether oxygens (including phenoxy) is 1. The van der Waals surface area contributed by atoms with Gasteiger partial charge >= 0.3 is 0 Å². The second-order valence-corrected chi connectivity index (χ2v) is 8.06. The second kappa shape index (κ2) is 9.43. The summed E-state index contributed by atoms with van der Waals surface area (Å²) < 4.78 is 20.7. The van der Waals surface area contributed by atoms with E-state index in [0.717, 1.165) is 43.0 Å². The third-order valence-electron chi connectivity index (χ3n) is 5.44. The largest absolute Gasteiger partial charge is 0.479 e. The number of nitrogens with zero attached hydrogens (tertiary/aromatic N) is 4. The first-order valence-corrected chi connectivity index (χ1v) is 10.6. The van der Waals surface area contributed by atoms with Gasteiger partial charge in [-0.3, -0.25) is 19.4 Å². The van der Waals surface area contributed by atoms with Crippen LogP contribution >= 0.6 is 11.6 Å². The number of amides is 1. The van der Waals surface area contributed by atoms with Gasteiger partial charge in [0.15, 0.2) is 6.10 Å². The molecule has 0 radical (unpaired) electrons.